The van der Waals surface area contributed by atoms with Gasteiger partial charge >= 0.3 is 0 Å². The van der Waals surface area contributed by atoms with Gasteiger partial charge in [-0.25, -0.2) is 0 Å². The minimum atomic E-state index is 0.620. The third-order valence-corrected chi connectivity index (χ3v) is 3.34. The molecule has 0 aliphatic carbocycles. The predicted octanol–water partition coefficient (Wildman–Crippen LogP) is 0.953. The van der Waals surface area contributed by atoms with Gasteiger partial charge in [-0.3, -0.25) is 4.90 Å². The third-order valence-electron chi connectivity index (χ3n) is 3.13. The molecular formula is C13H27N3OS. The van der Waals surface area contributed by atoms with Gasteiger partial charge in [-0.05, 0) is 5.92 Å². The summed E-state index contributed by atoms with van der Waals surface area (Å²) in [6, 6.07) is 0. The topological polar surface area (TPSA) is 41.7 Å². The third kappa shape index (κ3) is 7.26. The van der Waals surface area contributed by atoms with Gasteiger partial charge in [0.15, 0.2) is 0 Å². The van der Waals surface area contributed by atoms with Crippen LogP contribution in [0.25, 0.3) is 0 Å². The van der Waals surface area contributed by atoms with Gasteiger partial charge < -0.3 is 15.4 Å². The Kier molecular flexibility index (Phi) is 7.74. The van der Waals surface area contributed by atoms with Crippen LogP contribution in [0, 0.1) is 5.92 Å². The largest absolute Gasteiger partial charge is 0.393 e. The lowest BCUT2D eigenvalue weighted by molar-refractivity contribution is 0.0329. The first-order valence-corrected chi connectivity index (χ1v) is 7.29. The molecular weight excluding hydrogens is 246 g/mol. The second-order valence-electron chi connectivity index (χ2n) is 5.36. The fourth-order valence-corrected chi connectivity index (χ4v) is 2.28. The van der Waals surface area contributed by atoms with Gasteiger partial charge in [0.05, 0.1) is 18.2 Å². The molecule has 1 saturated heterocycles. The maximum atomic E-state index is 5.59. The van der Waals surface area contributed by atoms with Crippen LogP contribution in [0.5, 0.6) is 0 Å². The summed E-state index contributed by atoms with van der Waals surface area (Å²) in [6.07, 6.45) is 0.825. The summed E-state index contributed by atoms with van der Waals surface area (Å²) in [7, 11) is 0. The minimum absolute atomic E-state index is 0.620. The average Bonchev–Trinajstić information content (AvgIpc) is 2.33. The van der Waals surface area contributed by atoms with Gasteiger partial charge in [-0.2, -0.15) is 0 Å². The quantitative estimate of drug-likeness (QED) is 0.667. The standard InChI is InChI=1S/C13H27N3OS/c1-12(2)11-16(4-3-13(14)18)6-5-15-7-9-17-10-8-15/h12H,3-11H2,1-2H3,(H2,14,18). The molecule has 18 heavy (non-hydrogen) atoms. The summed E-state index contributed by atoms with van der Waals surface area (Å²) >= 11 is 4.96. The number of thiocarbonyl (C=S) groups is 1. The fraction of sp³-hybridized carbons (Fsp3) is 0.923. The number of nitrogens with zero attached hydrogens (tertiary/aromatic N) is 2. The average molecular weight is 273 g/mol. The monoisotopic (exact) mass is 273 g/mol. The van der Waals surface area contributed by atoms with Crippen LogP contribution in [0.3, 0.4) is 0 Å². The Morgan fingerprint density at radius 3 is 2.56 bits per heavy atom. The molecule has 0 radical (unpaired) electrons. The zero-order valence-electron chi connectivity index (χ0n) is 11.7. The van der Waals surface area contributed by atoms with Crippen molar-refractivity contribution in [2.45, 2.75) is 20.3 Å². The Hall–Kier alpha value is -0.230. The molecule has 0 atom stereocenters. The van der Waals surface area contributed by atoms with Gasteiger partial charge in [0.25, 0.3) is 0 Å². The van der Waals surface area contributed by atoms with E-state index in [9.17, 15) is 0 Å². The van der Waals surface area contributed by atoms with E-state index in [4.69, 9.17) is 22.7 Å². The van der Waals surface area contributed by atoms with Crippen LogP contribution in [0.4, 0.5) is 0 Å². The Morgan fingerprint density at radius 2 is 2.00 bits per heavy atom. The van der Waals surface area contributed by atoms with Crippen molar-refractivity contribution in [1.82, 2.24) is 9.80 Å². The summed E-state index contributed by atoms with van der Waals surface area (Å²) in [5.41, 5.74) is 5.59. The Balaban J connectivity index is 2.27. The molecule has 0 spiro atoms. The van der Waals surface area contributed by atoms with Crippen molar-refractivity contribution in [2.24, 2.45) is 11.7 Å². The lowest BCUT2D eigenvalue weighted by atomic mass is 10.2. The molecule has 5 heteroatoms. The van der Waals surface area contributed by atoms with Gasteiger partial charge in [0, 0.05) is 45.7 Å². The first-order valence-electron chi connectivity index (χ1n) is 6.88. The van der Waals surface area contributed by atoms with Gasteiger partial charge in [0.2, 0.25) is 0 Å². The minimum Gasteiger partial charge on any atom is -0.393 e. The van der Waals surface area contributed by atoms with Crippen LogP contribution < -0.4 is 5.73 Å². The maximum absolute atomic E-state index is 5.59. The number of nitrogens with two attached hydrogens (primary N) is 1. The number of morpholine rings is 1. The molecule has 1 heterocycles. The molecule has 1 aliphatic rings. The molecule has 0 bridgehead atoms. The molecule has 0 unspecified atom stereocenters. The van der Waals surface area contributed by atoms with E-state index in [1.807, 2.05) is 0 Å². The highest BCUT2D eigenvalue weighted by molar-refractivity contribution is 7.80. The van der Waals surface area contributed by atoms with Crippen molar-refractivity contribution in [3.05, 3.63) is 0 Å². The summed E-state index contributed by atoms with van der Waals surface area (Å²) < 4.78 is 5.36. The number of ether oxygens (including phenoxy) is 1. The first-order chi connectivity index (χ1) is 8.58. The second-order valence-corrected chi connectivity index (χ2v) is 5.89. The van der Waals surface area contributed by atoms with Crippen LogP contribution in [-0.2, 0) is 4.74 Å². The highest BCUT2D eigenvalue weighted by Gasteiger charge is 2.13. The molecule has 0 aromatic heterocycles. The van der Waals surface area contributed by atoms with Crippen molar-refractivity contribution in [2.75, 3.05) is 52.5 Å². The van der Waals surface area contributed by atoms with E-state index in [0.29, 0.717) is 10.9 Å². The Bertz CT molecular complexity index is 242. The summed E-state index contributed by atoms with van der Waals surface area (Å²) in [6.45, 7) is 12.7. The smallest absolute Gasteiger partial charge is 0.0740 e. The Labute approximate surface area is 116 Å². The van der Waals surface area contributed by atoms with Crippen LogP contribution in [0.2, 0.25) is 0 Å². The summed E-state index contributed by atoms with van der Waals surface area (Å²) in [5.74, 6) is 0.682. The van der Waals surface area contributed by atoms with E-state index < -0.39 is 0 Å². The van der Waals surface area contributed by atoms with Crippen molar-refractivity contribution in [1.29, 1.82) is 0 Å². The van der Waals surface area contributed by atoms with Crippen LogP contribution in [-0.4, -0.2) is 67.3 Å². The van der Waals surface area contributed by atoms with Crippen molar-refractivity contribution in [3.63, 3.8) is 0 Å². The van der Waals surface area contributed by atoms with Crippen LogP contribution in [0.1, 0.15) is 20.3 Å². The first kappa shape index (κ1) is 15.8. The van der Waals surface area contributed by atoms with E-state index >= 15 is 0 Å². The maximum Gasteiger partial charge on any atom is 0.0740 e. The number of hydrogen-bond donors (Lipinski definition) is 1. The SMILES string of the molecule is CC(C)CN(CCC(N)=S)CCN1CCOCC1. The normalized spacial score (nSPS) is 17.6. The molecule has 2 N–H and O–H groups in total. The fourth-order valence-electron chi connectivity index (χ4n) is 2.19. The van der Waals surface area contributed by atoms with Crippen molar-refractivity contribution >= 4 is 17.2 Å². The number of hydrogen-bond acceptors (Lipinski definition) is 4. The Morgan fingerprint density at radius 1 is 1.33 bits per heavy atom. The number of rotatable bonds is 8. The molecule has 1 rings (SSSR count). The lowest BCUT2D eigenvalue weighted by Crippen LogP contribution is -2.42. The van der Waals surface area contributed by atoms with Gasteiger partial charge in [0.1, 0.15) is 0 Å². The molecule has 1 fully saturated rings. The van der Waals surface area contributed by atoms with E-state index in [1.54, 1.807) is 0 Å². The molecule has 0 amide bonds. The van der Waals surface area contributed by atoms with Gasteiger partial charge in [-0.15, -0.1) is 0 Å². The van der Waals surface area contributed by atoms with Crippen LogP contribution >= 0.6 is 12.2 Å². The van der Waals surface area contributed by atoms with Crippen molar-refractivity contribution in [3.8, 4) is 0 Å². The molecule has 0 aromatic carbocycles. The molecule has 0 aromatic rings. The highest BCUT2D eigenvalue weighted by atomic mass is 32.1. The van der Waals surface area contributed by atoms with Crippen molar-refractivity contribution < 1.29 is 4.74 Å². The lowest BCUT2D eigenvalue weighted by Gasteiger charge is -2.30. The highest BCUT2D eigenvalue weighted by Crippen LogP contribution is 2.02. The summed E-state index contributed by atoms with van der Waals surface area (Å²) in [4.78, 5) is 5.56. The molecule has 106 valence electrons. The zero-order chi connectivity index (χ0) is 13.4. The van der Waals surface area contributed by atoms with E-state index in [-0.39, 0.29) is 0 Å². The molecule has 0 saturated carbocycles. The van der Waals surface area contributed by atoms with Gasteiger partial charge in [-0.1, -0.05) is 26.1 Å². The second kappa shape index (κ2) is 8.80. The van der Waals surface area contributed by atoms with E-state index in [1.165, 1.54) is 0 Å². The molecule has 1 aliphatic heterocycles. The van der Waals surface area contributed by atoms with Crippen LogP contribution in [0.15, 0.2) is 0 Å². The predicted molar refractivity (Wildman–Crippen MR) is 79.9 cm³/mol. The van der Waals surface area contributed by atoms with E-state index in [2.05, 4.69) is 23.6 Å². The zero-order valence-corrected chi connectivity index (χ0v) is 12.5. The molecule has 4 nitrogen and oxygen atoms in total. The van der Waals surface area contributed by atoms with E-state index in [0.717, 1.165) is 58.9 Å². The summed E-state index contributed by atoms with van der Waals surface area (Å²) in [5, 5.41) is 0.